The van der Waals surface area contributed by atoms with Crippen LogP contribution in [0.3, 0.4) is 0 Å². The minimum atomic E-state index is -1.76. The first-order valence-electron chi connectivity index (χ1n) is 12.8. The largest absolute Gasteiger partial charge is 0.481 e. The summed E-state index contributed by atoms with van der Waals surface area (Å²) >= 11 is 0. The third-order valence-electron chi connectivity index (χ3n) is 6.42. The number of hydrogen-bond acceptors (Lipinski definition) is 7. The third kappa shape index (κ3) is 8.62. The Balaban J connectivity index is 1.81. The van der Waals surface area contributed by atoms with Crippen LogP contribution in [0.25, 0.3) is 10.9 Å². The summed E-state index contributed by atoms with van der Waals surface area (Å²) in [4.78, 5) is 65.0. The van der Waals surface area contributed by atoms with Gasteiger partial charge in [0.25, 0.3) is 0 Å². The van der Waals surface area contributed by atoms with Gasteiger partial charge in [0.15, 0.2) is 0 Å². The number of rotatable bonds is 14. The van der Waals surface area contributed by atoms with Crippen molar-refractivity contribution in [3.8, 4) is 0 Å². The number of hydrogen-bond donors (Lipinski definition) is 8. The highest BCUT2D eigenvalue weighted by Gasteiger charge is 2.33. The standard InChI is InChI=1S/C28H33N5O8/c1-15(34)24(33-25(37)19(29)11-16-7-3-2-4-8-16)27(39)31-21(26(38)32-22(28(40)41)13-23(35)36)12-17-14-30-20-10-6-5-9-18(17)20/h2-10,14-15,19,21-22,24,30,34H,11-13,29H2,1H3,(H,31,39)(H,32,38)(H,33,37)(H,35,36)(H,40,41). The average Bonchev–Trinajstić information content (AvgIpc) is 3.33. The van der Waals surface area contributed by atoms with Crippen molar-refractivity contribution < 1.29 is 39.3 Å². The Morgan fingerprint density at radius 1 is 0.829 bits per heavy atom. The van der Waals surface area contributed by atoms with Crippen LogP contribution in [-0.2, 0) is 36.8 Å². The first-order chi connectivity index (χ1) is 19.5. The number of benzene rings is 2. The van der Waals surface area contributed by atoms with Gasteiger partial charge in [0.2, 0.25) is 17.7 Å². The van der Waals surface area contributed by atoms with Crippen molar-refractivity contribution in [2.24, 2.45) is 5.73 Å². The van der Waals surface area contributed by atoms with Gasteiger partial charge in [-0.05, 0) is 30.5 Å². The van der Waals surface area contributed by atoms with E-state index in [0.29, 0.717) is 5.56 Å². The highest BCUT2D eigenvalue weighted by molar-refractivity contribution is 5.95. The van der Waals surface area contributed by atoms with Crippen LogP contribution < -0.4 is 21.7 Å². The highest BCUT2D eigenvalue weighted by Crippen LogP contribution is 2.19. The van der Waals surface area contributed by atoms with Gasteiger partial charge in [-0.25, -0.2) is 4.79 Å². The summed E-state index contributed by atoms with van der Waals surface area (Å²) in [7, 11) is 0. The van der Waals surface area contributed by atoms with E-state index in [1.165, 1.54) is 6.92 Å². The Kier molecular flexibility index (Phi) is 10.6. The van der Waals surface area contributed by atoms with Crippen LogP contribution in [0.1, 0.15) is 24.5 Å². The second kappa shape index (κ2) is 14.1. The summed E-state index contributed by atoms with van der Waals surface area (Å²) in [6.07, 6.45) is -0.597. The van der Waals surface area contributed by atoms with Gasteiger partial charge in [0.05, 0.1) is 18.6 Å². The maximum absolute atomic E-state index is 13.3. The number of carboxylic acid groups (broad SMARTS) is 2. The molecule has 2 aromatic carbocycles. The number of nitrogens with one attached hydrogen (secondary N) is 4. The molecule has 3 aromatic rings. The number of carbonyl (C=O) groups is 5. The lowest BCUT2D eigenvalue weighted by atomic mass is 10.0. The molecule has 0 aliphatic rings. The van der Waals surface area contributed by atoms with Gasteiger partial charge in [-0.3, -0.25) is 19.2 Å². The number of aromatic nitrogens is 1. The minimum absolute atomic E-state index is 0.116. The fraction of sp³-hybridized carbons (Fsp3) is 0.321. The molecule has 218 valence electrons. The SMILES string of the molecule is CC(O)C(NC(=O)C(N)Cc1ccccc1)C(=O)NC(Cc1c[nH]c2ccccc12)C(=O)NC(CC(=O)O)C(=O)O. The number of aromatic amines is 1. The molecule has 0 fully saturated rings. The topological polar surface area (TPSA) is 224 Å². The molecule has 9 N–H and O–H groups in total. The summed E-state index contributed by atoms with van der Waals surface area (Å²) in [5, 5.41) is 36.5. The number of fused-ring (bicyclic) bond motifs is 1. The Morgan fingerprint density at radius 3 is 2.10 bits per heavy atom. The van der Waals surface area contributed by atoms with Crippen LogP contribution in [0.15, 0.2) is 60.8 Å². The zero-order chi connectivity index (χ0) is 30.1. The van der Waals surface area contributed by atoms with Gasteiger partial charge in [-0.1, -0.05) is 48.5 Å². The van der Waals surface area contributed by atoms with Gasteiger partial charge < -0.3 is 42.0 Å². The van der Waals surface area contributed by atoms with E-state index in [1.807, 2.05) is 6.07 Å². The number of aliphatic hydroxyl groups is 1. The van der Waals surface area contributed by atoms with Crippen LogP contribution in [0, 0.1) is 0 Å². The van der Waals surface area contributed by atoms with Gasteiger partial charge in [0.1, 0.15) is 18.1 Å². The molecule has 0 aliphatic heterocycles. The quantitative estimate of drug-likeness (QED) is 0.128. The van der Waals surface area contributed by atoms with Crippen LogP contribution >= 0.6 is 0 Å². The maximum atomic E-state index is 13.3. The molecule has 13 heteroatoms. The molecule has 0 saturated heterocycles. The molecular weight excluding hydrogens is 534 g/mol. The Labute approximate surface area is 235 Å². The van der Waals surface area contributed by atoms with E-state index in [1.54, 1.807) is 54.7 Å². The van der Waals surface area contributed by atoms with Crippen LogP contribution in [0.5, 0.6) is 0 Å². The summed E-state index contributed by atoms with van der Waals surface area (Å²) in [6.45, 7) is 1.27. The number of carboxylic acids is 2. The molecule has 3 amide bonds. The van der Waals surface area contributed by atoms with Crippen molar-refractivity contribution in [2.45, 2.75) is 56.5 Å². The lowest BCUT2D eigenvalue weighted by Crippen LogP contribution is -2.60. The fourth-order valence-corrected chi connectivity index (χ4v) is 4.26. The van der Waals surface area contributed by atoms with Gasteiger partial charge in [0, 0.05) is 23.5 Å². The Morgan fingerprint density at radius 2 is 1.46 bits per heavy atom. The summed E-state index contributed by atoms with van der Waals surface area (Å²) in [5.41, 5.74) is 8.17. The van der Waals surface area contributed by atoms with E-state index < -0.39 is 66.4 Å². The third-order valence-corrected chi connectivity index (χ3v) is 6.42. The molecule has 0 radical (unpaired) electrons. The molecule has 0 spiro atoms. The first kappa shape index (κ1) is 30.8. The highest BCUT2D eigenvalue weighted by atomic mass is 16.4. The fourth-order valence-electron chi connectivity index (χ4n) is 4.26. The number of aliphatic carboxylic acids is 2. The Hall–Kier alpha value is -4.75. The lowest BCUT2D eigenvalue weighted by molar-refractivity contribution is -0.147. The average molecular weight is 568 g/mol. The van der Waals surface area contributed by atoms with E-state index in [0.717, 1.165) is 16.5 Å². The lowest BCUT2D eigenvalue weighted by Gasteiger charge is -2.26. The van der Waals surface area contributed by atoms with Crippen molar-refractivity contribution in [2.75, 3.05) is 0 Å². The van der Waals surface area contributed by atoms with Crippen LogP contribution in [0.4, 0.5) is 0 Å². The van der Waals surface area contributed by atoms with E-state index in [4.69, 9.17) is 10.8 Å². The molecule has 3 rings (SSSR count). The molecule has 1 heterocycles. The Bertz CT molecular complexity index is 1390. The molecule has 1 aromatic heterocycles. The molecule has 41 heavy (non-hydrogen) atoms. The zero-order valence-corrected chi connectivity index (χ0v) is 22.2. The van der Waals surface area contributed by atoms with Gasteiger partial charge >= 0.3 is 11.9 Å². The van der Waals surface area contributed by atoms with Crippen LogP contribution in [-0.4, -0.2) is 80.2 Å². The van der Waals surface area contributed by atoms with Crippen molar-refractivity contribution in [1.29, 1.82) is 0 Å². The van der Waals surface area contributed by atoms with Crippen molar-refractivity contribution >= 4 is 40.6 Å². The van der Waals surface area contributed by atoms with Gasteiger partial charge in [-0.15, -0.1) is 0 Å². The molecule has 0 bridgehead atoms. The van der Waals surface area contributed by atoms with E-state index in [9.17, 15) is 34.2 Å². The second-order valence-electron chi connectivity index (χ2n) is 9.65. The predicted molar refractivity (Wildman–Crippen MR) is 147 cm³/mol. The van der Waals surface area contributed by atoms with Crippen molar-refractivity contribution in [1.82, 2.24) is 20.9 Å². The summed E-state index contributed by atoms with van der Waals surface area (Å²) < 4.78 is 0. The second-order valence-corrected chi connectivity index (χ2v) is 9.65. The van der Waals surface area contributed by atoms with E-state index in [-0.39, 0.29) is 12.8 Å². The molecule has 0 aliphatic carbocycles. The predicted octanol–water partition coefficient (Wildman–Crippen LogP) is -0.325. The number of para-hydroxylation sites is 1. The number of amides is 3. The maximum Gasteiger partial charge on any atom is 0.326 e. The number of nitrogens with two attached hydrogens (primary N) is 1. The monoisotopic (exact) mass is 567 g/mol. The molecule has 13 nitrogen and oxygen atoms in total. The van der Waals surface area contributed by atoms with E-state index >= 15 is 0 Å². The number of aliphatic hydroxyl groups excluding tert-OH is 1. The van der Waals surface area contributed by atoms with Crippen molar-refractivity contribution in [3.05, 3.63) is 71.9 Å². The summed E-state index contributed by atoms with van der Waals surface area (Å²) in [6, 6.07) is 10.4. The number of H-pyrrole nitrogens is 1. The van der Waals surface area contributed by atoms with E-state index in [2.05, 4.69) is 20.9 Å². The molecule has 5 atom stereocenters. The minimum Gasteiger partial charge on any atom is -0.481 e. The number of carbonyl (C=O) groups excluding carboxylic acids is 3. The van der Waals surface area contributed by atoms with Crippen LogP contribution in [0.2, 0.25) is 0 Å². The first-order valence-corrected chi connectivity index (χ1v) is 12.8. The zero-order valence-electron chi connectivity index (χ0n) is 22.2. The van der Waals surface area contributed by atoms with Gasteiger partial charge in [-0.2, -0.15) is 0 Å². The molecule has 5 unspecified atom stereocenters. The normalized spacial score (nSPS) is 14.7. The smallest absolute Gasteiger partial charge is 0.326 e. The molecule has 0 saturated carbocycles. The summed E-state index contributed by atoms with van der Waals surface area (Å²) in [5.74, 6) is -5.61. The molecular formula is C28H33N5O8. The van der Waals surface area contributed by atoms with Crippen molar-refractivity contribution in [3.63, 3.8) is 0 Å².